The summed E-state index contributed by atoms with van der Waals surface area (Å²) in [4.78, 5) is 40.1. The Morgan fingerprint density at radius 1 is 1.06 bits per heavy atom. The van der Waals surface area contributed by atoms with Crippen LogP contribution in [-0.4, -0.2) is 47.1 Å². The lowest BCUT2D eigenvalue weighted by molar-refractivity contribution is -0.174. The first-order valence-electron chi connectivity index (χ1n) is 10.1. The van der Waals surface area contributed by atoms with Gasteiger partial charge in [-0.1, -0.05) is 49.4 Å². The Bertz CT molecular complexity index is 904. The van der Waals surface area contributed by atoms with Crippen molar-refractivity contribution in [1.29, 1.82) is 0 Å². The smallest absolute Gasteiger partial charge is 0.410 e. The first-order valence-corrected chi connectivity index (χ1v) is 10.1. The number of hydrogen-bond donors (Lipinski definition) is 0. The second-order valence-electron chi connectivity index (χ2n) is 7.26. The van der Waals surface area contributed by atoms with Crippen molar-refractivity contribution < 1.29 is 28.2 Å². The van der Waals surface area contributed by atoms with Crippen LogP contribution < -0.4 is 0 Å². The molecule has 164 valence electrons. The van der Waals surface area contributed by atoms with Crippen molar-refractivity contribution in [1.82, 2.24) is 9.80 Å². The third-order valence-electron chi connectivity index (χ3n) is 4.82. The highest BCUT2D eigenvalue weighted by Crippen LogP contribution is 2.19. The molecule has 0 aromatic heterocycles. The van der Waals surface area contributed by atoms with Crippen molar-refractivity contribution >= 4 is 18.0 Å². The van der Waals surface area contributed by atoms with Crippen molar-refractivity contribution in [2.45, 2.75) is 39.1 Å². The average Bonchev–Trinajstić information content (AvgIpc) is 2.76. The van der Waals surface area contributed by atoms with Gasteiger partial charge < -0.3 is 9.47 Å². The number of carbonyl (C=O) groups excluding carboxylic acids is 3. The SMILES string of the molecule is CCCC(=O)OC1CN(C(=O)OCc2ccccc2)CC(=O)N1Cc1ccc(F)cc1. The molecule has 7 nitrogen and oxygen atoms in total. The zero-order valence-electron chi connectivity index (χ0n) is 17.3. The van der Waals surface area contributed by atoms with Gasteiger partial charge in [-0.05, 0) is 29.7 Å². The molecule has 0 N–H and O–H groups in total. The quantitative estimate of drug-likeness (QED) is 0.631. The summed E-state index contributed by atoms with van der Waals surface area (Å²) in [5, 5.41) is 0. The van der Waals surface area contributed by atoms with E-state index in [0.29, 0.717) is 12.0 Å². The Morgan fingerprint density at radius 2 is 1.77 bits per heavy atom. The van der Waals surface area contributed by atoms with E-state index in [2.05, 4.69) is 0 Å². The molecule has 0 radical (unpaired) electrons. The summed E-state index contributed by atoms with van der Waals surface area (Å²) in [6.07, 6.45) is -0.807. The molecular formula is C23H25FN2O5. The maximum absolute atomic E-state index is 13.2. The van der Waals surface area contributed by atoms with Crippen LogP contribution in [0.15, 0.2) is 54.6 Å². The number of piperazine rings is 1. The lowest BCUT2D eigenvalue weighted by Crippen LogP contribution is -2.58. The minimum Gasteiger partial charge on any atom is -0.445 e. The van der Waals surface area contributed by atoms with Gasteiger partial charge in [-0.2, -0.15) is 0 Å². The predicted molar refractivity (Wildman–Crippen MR) is 110 cm³/mol. The Morgan fingerprint density at radius 3 is 2.45 bits per heavy atom. The zero-order valence-corrected chi connectivity index (χ0v) is 17.3. The van der Waals surface area contributed by atoms with Crippen LogP contribution in [0.3, 0.4) is 0 Å². The molecule has 0 spiro atoms. The molecule has 8 heteroatoms. The van der Waals surface area contributed by atoms with Gasteiger partial charge in [0.2, 0.25) is 5.91 Å². The summed E-state index contributed by atoms with van der Waals surface area (Å²) >= 11 is 0. The highest BCUT2D eigenvalue weighted by Gasteiger charge is 2.37. The molecule has 0 saturated carbocycles. The molecule has 31 heavy (non-hydrogen) atoms. The molecule has 1 aliphatic heterocycles. The van der Waals surface area contributed by atoms with Crippen molar-refractivity contribution in [2.24, 2.45) is 0 Å². The third-order valence-corrected chi connectivity index (χ3v) is 4.82. The van der Waals surface area contributed by atoms with Crippen LogP contribution in [0.5, 0.6) is 0 Å². The van der Waals surface area contributed by atoms with Crippen molar-refractivity contribution in [3.05, 3.63) is 71.5 Å². The van der Waals surface area contributed by atoms with Gasteiger partial charge in [0.15, 0.2) is 6.23 Å². The Balaban J connectivity index is 1.69. The zero-order chi connectivity index (χ0) is 22.2. The normalized spacial score (nSPS) is 16.2. The second kappa shape index (κ2) is 10.6. The molecule has 0 bridgehead atoms. The van der Waals surface area contributed by atoms with Crippen LogP contribution in [0.1, 0.15) is 30.9 Å². The minimum absolute atomic E-state index is 0.00396. The fourth-order valence-electron chi connectivity index (χ4n) is 3.21. The fourth-order valence-corrected chi connectivity index (χ4v) is 3.21. The lowest BCUT2D eigenvalue weighted by Gasteiger charge is -2.39. The van der Waals surface area contributed by atoms with E-state index in [9.17, 15) is 18.8 Å². The number of carbonyl (C=O) groups is 3. The van der Waals surface area contributed by atoms with E-state index in [4.69, 9.17) is 9.47 Å². The number of esters is 1. The molecule has 2 amide bonds. The van der Waals surface area contributed by atoms with Crippen molar-refractivity contribution in [3.63, 3.8) is 0 Å². The van der Waals surface area contributed by atoms with E-state index in [0.717, 1.165) is 5.56 Å². The Labute approximate surface area is 180 Å². The molecule has 1 heterocycles. The molecule has 1 saturated heterocycles. The van der Waals surface area contributed by atoms with E-state index in [1.54, 1.807) is 12.1 Å². The molecule has 1 unspecified atom stereocenters. The molecule has 1 atom stereocenters. The van der Waals surface area contributed by atoms with Crippen LogP contribution in [0.4, 0.5) is 9.18 Å². The Hall–Kier alpha value is -3.42. The van der Waals surface area contributed by atoms with Crippen LogP contribution in [0.25, 0.3) is 0 Å². The number of halogens is 1. The average molecular weight is 428 g/mol. The van der Waals surface area contributed by atoms with Gasteiger partial charge in [0.25, 0.3) is 0 Å². The van der Waals surface area contributed by atoms with Gasteiger partial charge in [-0.3, -0.25) is 19.4 Å². The number of ether oxygens (including phenoxy) is 2. The summed E-state index contributed by atoms with van der Waals surface area (Å²) in [6.45, 7) is 1.85. The van der Waals surface area contributed by atoms with E-state index in [-0.39, 0.29) is 44.4 Å². The van der Waals surface area contributed by atoms with Crippen molar-refractivity contribution in [3.8, 4) is 0 Å². The molecule has 2 aromatic rings. The number of nitrogens with zero attached hydrogens (tertiary/aromatic N) is 2. The molecule has 1 fully saturated rings. The van der Waals surface area contributed by atoms with Gasteiger partial charge in [0, 0.05) is 13.0 Å². The Kier molecular flexibility index (Phi) is 7.59. The number of amides is 2. The second-order valence-corrected chi connectivity index (χ2v) is 7.26. The summed E-state index contributed by atoms with van der Waals surface area (Å²) in [7, 11) is 0. The van der Waals surface area contributed by atoms with Gasteiger partial charge in [-0.15, -0.1) is 0 Å². The van der Waals surface area contributed by atoms with Crippen LogP contribution in [-0.2, 0) is 32.2 Å². The maximum atomic E-state index is 13.2. The number of hydrogen-bond acceptors (Lipinski definition) is 5. The summed E-state index contributed by atoms with van der Waals surface area (Å²) in [5.41, 5.74) is 1.51. The maximum Gasteiger partial charge on any atom is 0.410 e. The van der Waals surface area contributed by atoms with Gasteiger partial charge in [0.1, 0.15) is 19.0 Å². The topological polar surface area (TPSA) is 76.1 Å². The van der Waals surface area contributed by atoms with Gasteiger partial charge in [0.05, 0.1) is 6.54 Å². The highest BCUT2D eigenvalue weighted by molar-refractivity contribution is 5.84. The standard InChI is InChI=1S/C23H25FN2O5/c1-2-6-22(28)31-21-15-25(23(29)30-16-18-7-4-3-5-8-18)14-20(27)26(21)13-17-9-11-19(24)12-10-17/h3-5,7-12,21H,2,6,13-16H2,1H3. The van der Waals surface area contributed by atoms with Gasteiger partial charge in [-0.25, -0.2) is 9.18 Å². The molecule has 0 aliphatic carbocycles. The lowest BCUT2D eigenvalue weighted by atomic mass is 10.2. The van der Waals surface area contributed by atoms with E-state index >= 15 is 0 Å². The molecular weight excluding hydrogens is 403 g/mol. The number of rotatable bonds is 7. The molecule has 1 aliphatic rings. The predicted octanol–water partition coefficient (Wildman–Crippen LogP) is 3.48. The highest BCUT2D eigenvalue weighted by atomic mass is 19.1. The van der Waals surface area contributed by atoms with Crippen LogP contribution in [0, 0.1) is 5.82 Å². The monoisotopic (exact) mass is 428 g/mol. The fraction of sp³-hybridized carbons (Fsp3) is 0.348. The summed E-state index contributed by atoms with van der Waals surface area (Å²) in [6, 6.07) is 14.9. The first kappa shape index (κ1) is 22.3. The number of benzene rings is 2. The third kappa shape index (κ3) is 6.28. The minimum atomic E-state index is -0.949. The van der Waals surface area contributed by atoms with E-state index in [1.807, 2.05) is 37.3 Å². The van der Waals surface area contributed by atoms with E-state index < -0.39 is 18.3 Å². The largest absolute Gasteiger partial charge is 0.445 e. The van der Waals surface area contributed by atoms with Gasteiger partial charge >= 0.3 is 12.1 Å². The van der Waals surface area contributed by atoms with Crippen LogP contribution in [0.2, 0.25) is 0 Å². The van der Waals surface area contributed by atoms with E-state index in [1.165, 1.54) is 21.9 Å². The first-order chi connectivity index (χ1) is 15.0. The molecule has 3 rings (SSSR count). The molecule has 2 aromatic carbocycles. The van der Waals surface area contributed by atoms with Crippen LogP contribution >= 0.6 is 0 Å². The van der Waals surface area contributed by atoms with Crippen molar-refractivity contribution in [2.75, 3.05) is 13.1 Å². The summed E-state index contributed by atoms with van der Waals surface area (Å²) < 4.78 is 24.0. The summed E-state index contributed by atoms with van der Waals surface area (Å²) in [5.74, 6) is -1.22.